The minimum atomic E-state index is -0.248. The summed E-state index contributed by atoms with van der Waals surface area (Å²) in [5.74, 6) is 1.13. The van der Waals surface area contributed by atoms with Crippen molar-refractivity contribution in [3.63, 3.8) is 0 Å². The minimum Gasteiger partial charge on any atom is -0.493 e. The van der Waals surface area contributed by atoms with Crippen molar-refractivity contribution in [2.75, 3.05) is 7.11 Å². The summed E-state index contributed by atoms with van der Waals surface area (Å²) in [4.78, 5) is 0. The molecule has 0 radical (unpaired) electrons. The van der Waals surface area contributed by atoms with Gasteiger partial charge < -0.3 is 14.8 Å². The Labute approximate surface area is 175 Å². The van der Waals surface area contributed by atoms with Crippen LogP contribution in [0, 0.1) is 11.2 Å². The first-order chi connectivity index (χ1) is 12.6. The van der Waals surface area contributed by atoms with Crippen LogP contribution in [0.4, 0.5) is 4.39 Å². The highest BCUT2D eigenvalue weighted by atomic mass is 35.5. The van der Waals surface area contributed by atoms with Crippen LogP contribution in [0.15, 0.2) is 42.5 Å². The Morgan fingerprint density at radius 3 is 2.07 bits per heavy atom. The van der Waals surface area contributed by atoms with E-state index >= 15 is 0 Å². The third-order valence-corrected chi connectivity index (χ3v) is 4.28. The molecular formula is C23H33ClFNO2. The maximum absolute atomic E-state index is 13.0. The zero-order valence-corrected chi connectivity index (χ0v) is 18.6. The molecule has 0 fully saturated rings. The van der Waals surface area contributed by atoms with E-state index < -0.39 is 0 Å². The summed E-state index contributed by atoms with van der Waals surface area (Å²) >= 11 is 0. The van der Waals surface area contributed by atoms with Crippen molar-refractivity contribution < 1.29 is 13.9 Å². The average molecular weight is 410 g/mol. The van der Waals surface area contributed by atoms with Gasteiger partial charge in [0.25, 0.3) is 0 Å². The van der Waals surface area contributed by atoms with E-state index in [1.165, 1.54) is 12.1 Å². The van der Waals surface area contributed by atoms with Crippen LogP contribution in [-0.2, 0) is 13.2 Å². The molecule has 156 valence electrons. The lowest BCUT2D eigenvalue weighted by Crippen LogP contribution is -2.41. The molecule has 0 bridgehead atoms. The van der Waals surface area contributed by atoms with Gasteiger partial charge in [0.15, 0.2) is 11.5 Å². The molecule has 5 heteroatoms. The number of halogens is 2. The highest BCUT2D eigenvalue weighted by molar-refractivity contribution is 5.85. The summed E-state index contributed by atoms with van der Waals surface area (Å²) in [6.45, 7) is 12.4. The van der Waals surface area contributed by atoms with Crippen LogP contribution in [0.5, 0.6) is 11.5 Å². The second-order valence-corrected chi connectivity index (χ2v) is 8.88. The molecule has 0 aromatic heterocycles. The van der Waals surface area contributed by atoms with Crippen LogP contribution in [0.1, 0.15) is 52.2 Å². The summed E-state index contributed by atoms with van der Waals surface area (Å²) in [7, 11) is 1.64. The normalized spacial score (nSPS) is 11.7. The largest absolute Gasteiger partial charge is 0.493 e. The predicted molar refractivity (Wildman–Crippen MR) is 116 cm³/mol. The fraction of sp³-hybridized carbons (Fsp3) is 0.478. The van der Waals surface area contributed by atoms with Crippen molar-refractivity contribution >= 4 is 12.4 Å². The molecule has 0 aliphatic carbocycles. The van der Waals surface area contributed by atoms with E-state index in [-0.39, 0.29) is 29.2 Å². The molecule has 0 spiro atoms. The molecule has 2 aromatic rings. The molecule has 0 atom stereocenters. The van der Waals surface area contributed by atoms with Gasteiger partial charge in [0.1, 0.15) is 12.4 Å². The number of ether oxygens (including phenoxy) is 2. The van der Waals surface area contributed by atoms with E-state index in [1.54, 1.807) is 19.2 Å². The number of hydrogen-bond acceptors (Lipinski definition) is 3. The molecule has 2 rings (SSSR count). The summed E-state index contributed by atoms with van der Waals surface area (Å²) in [5, 5.41) is 3.63. The van der Waals surface area contributed by atoms with Gasteiger partial charge in [-0.15, -0.1) is 12.4 Å². The fourth-order valence-electron chi connectivity index (χ4n) is 3.41. The second-order valence-electron chi connectivity index (χ2n) is 8.88. The van der Waals surface area contributed by atoms with Crippen molar-refractivity contribution in [2.24, 2.45) is 5.41 Å². The standard InChI is InChI=1S/C23H32FNO2.ClH/c1-22(2,3)16-23(4,5)25-14-18-9-12-20(21(13-18)26-6)27-15-17-7-10-19(24)11-8-17;/h7-13,25H,14-16H2,1-6H3;1H. The zero-order valence-electron chi connectivity index (χ0n) is 17.8. The van der Waals surface area contributed by atoms with Crippen molar-refractivity contribution in [3.8, 4) is 11.5 Å². The lowest BCUT2D eigenvalue weighted by atomic mass is 9.82. The first kappa shape index (κ1) is 24.3. The van der Waals surface area contributed by atoms with E-state index in [0.717, 1.165) is 24.1 Å². The summed E-state index contributed by atoms with van der Waals surface area (Å²) in [5.41, 5.74) is 2.37. The van der Waals surface area contributed by atoms with Crippen LogP contribution < -0.4 is 14.8 Å². The zero-order chi connectivity index (χ0) is 20.1. The summed E-state index contributed by atoms with van der Waals surface area (Å²) in [6.07, 6.45) is 1.08. The van der Waals surface area contributed by atoms with Crippen molar-refractivity contribution in [2.45, 2.75) is 59.7 Å². The van der Waals surface area contributed by atoms with Gasteiger partial charge in [-0.2, -0.15) is 0 Å². The van der Waals surface area contributed by atoms with Gasteiger partial charge >= 0.3 is 0 Å². The van der Waals surface area contributed by atoms with Crippen LogP contribution in [0.25, 0.3) is 0 Å². The van der Waals surface area contributed by atoms with Gasteiger partial charge in [-0.1, -0.05) is 39.0 Å². The number of benzene rings is 2. The molecule has 0 amide bonds. The van der Waals surface area contributed by atoms with Crippen molar-refractivity contribution in [3.05, 3.63) is 59.4 Å². The third kappa shape index (κ3) is 8.07. The number of hydrogen-bond donors (Lipinski definition) is 1. The Morgan fingerprint density at radius 2 is 1.50 bits per heavy atom. The molecule has 28 heavy (non-hydrogen) atoms. The molecule has 2 aromatic carbocycles. The van der Waals surface area contributed by atoms with Gasteiger partial charge in [-0.05, 0) is 61.1 Å². The van der Waals surface area contributed by atoms with Crippen LogP contribution in [0.2, 0.25) is 0 Å². The van der Waals surface area contributed by atoms with Gasteiger partial charge in [-0.25, -0.2) is 4.39 Å². The Hall–Kier alpha value is -1.78. The van der Waals surface area contributed by atoms with Crippen LogP contribution in [-0.4, -0.2) is 12.6 Å². The maximum Gasteiger partial charge on any atom is 0.161 e. The smallest absolute Gasteiger partial charge is 0.161 e. The number of nitrogens with one attached hydrogen (secondary N) is 1. The van der Waals surface area contributed by atoms with E-state index in [0.29, 0.717) is 18.1 Å². The molecule has 0 unspecified atom stereocenters. The number of rotatable bonds is 8. The van der Waals surface area contributed by atoms with Crippen LogP contribution >= 0.6 is 12.4 Å². The van der Waals surface area contributed by atoms with Gasteiger partial charge in [0.2, 0.25) is 0 Å². The average Bonchev–Trinajstić information content (AvgIpc) is 2.58. The topological polar surface area (TPSA) is 30.5 Å². The van der Waals surface area contributed by atoms with E-state index in [1.807, 2.05) is 18.2 Å². The maximum atomic E-state index is 13.0. The van der Waals surface area contributed by atoms with Gasteiger partial charge in [0, 0.05) is 12.1 Å². The van der Waals surface area contributed by atoms with E-state index in [4.69, 9.17) is 9.47 Å². The SMILES string of the molecule is COc1cc(CNC(C)(C)CC(C)(C)C)ccc1OCc1ccc(F)cc1.Cl. The van der Waals surface area contributed by atoms with Gasteiger partial charge in [-0.3, -0.25) is 0 Å². The molecule has 3 nitrogen and oxygen atoms in total. The monoisotopic (exact) mass is 409 g/mol. The highest BCUT2D eigenvalue weighted by Gasteiger charge is 2.24. The Kier molecular flexibility index (Phi) is 8.77. The molecule has 0 aliphatic rings. The molecule has 1 N–H and O–H groups in total. The number of methoxy groups -OCH3 is 1. The molecule has 0 saturated carbocycles. The lowest BCUT2D eigenvalue weighted by Gasteiger charge is -2.33. The summed E-state index contributed by atoms with van der Waals surface area (Å²) in [6, 6.07) is 12.3. The molecule has 0 heterocycles. The predicted octanol–water partition coefficient (Wildman–Crippen LogP) is 6.14. The first-order valence-electron chi connectivity index (χ1n) is 9.37. The van der Waals surface area contributed by atoms with Crippen molar-refractivity contribution in [1.82, 2.24) is 5.32 Å². The highest BCUT2D eigenvalue weighted by Crippen LogP contribution is 2.30. The van der Waals surface area contributed by atoms with E-state index in [9.17, 15) is 4.39 Å². The molecular weight excluding hydrogens is 377 g/mol. The van der Waals surface area contributed by atoms with Gasteiger partial charge in [0.05, 0.1) is 7.11 Å². The minimum absolute atomic E-state index is 0. The first-order valence-corrected chi connectivity index (χ1v) is 9.37. The Balaban J connectivity index is 0.00000392. The van der Waals surface area contributed by atoms with Crippen LogP contribution in [0.3, 0.4) is 0 Å². The summed E-state index contributed by atoms with van der Waals surface area (Å²) < 4.78 is 24.3. The fourth-order valence-corrected chi connectivity index (χ4v) is 3.41. The molecule has 0 aliphatic heterocycles. The molecule has 0 saturated heterocycles. The lowest BCUT2D eigenvalue weighted by molar-refractivity contribution is 0.240. The quantitative estimate of drug-likeness (QED) is 0.568. The van der Waals surface area contributed by atoms with Crippen molar-refractivity contribution in [1.29, 1.82) is 0 Å². The van der Waals surface area contributed by atoms with E-state index in [2.05, 4.69) is 39.9 Å². The third-order valence-electron chi connectivity index (χ3n) is 4.28. The Morgan fingerprint density at radius 1 is 0.893 bits per heavy atom. The Bertz CT molecular complexity index is 739. The second kappa shape index (κ2) is 10.1.